The highest BCUT2D eigenvalue weighted by Crippen LogP contribution is 2.22. The number of rotatable bonds is 7. The third-order valence-corrected chi connectivity index (χ3v) is 3.86. The summed E-state index contributed by atoms with van der Waals surface area (Å²) in [4.78, 5) is 13.5. The van der Waals surface area contributed by atoms with E-state index in [4.69, 9.17) is 20.8 Å². The first-order valence-electron chi connectivity index (χ1n) is 7.28. The number of furan rings is 1. The minimum Gasteiger partial charge on any atom is -0.492 e. The first-order chi connectivity index (χ1) is 11.0. The summed E-state index contributed by atoms with van der Waals surface area (Å²) >= 11 is 5.83. The highest BCUT2D eigenvalue weighted by molar-refractivity contribution is 6.30. The predicted octanol–water partition coefficient (Wildman–Crippen LogP) is 3.79. The molecule has 0 N–H and O–H groups in total. The average Bonchev–Trinajstić information content (AvgIpc) is 3.05. The number of likely N-dealkylation sites (N-methyl/N-ethyl adjacent to an activating group) is 1. The van der Waals surface area contributed by atoms with Gasteiger partial charge in [0.2, 0.25) is 5.76 Å². The Bertz CT molecular complexity index is 638. The van der Waals surface area contributed by atoms with Gasteiger partial charge in [-0.1, -0.05) is 11.6 Å². The van der Waals surface area contributed by atoms with Crippen LogP contribution in [-0.2, 0) is 4.74 Å². The lowest BCUT2D eigenvalue weighted by Gasteiger charge is -2.22. The molecule has 0 saturated carbocycles. The van der Waals surface area contributed by atoms with Crippen molar-refractivity contribution in [3.05, 3.63) is 52.9 Å². The topological polar surface area (TPSA) is 51.9 Å². The predicted molar refractivity (Wildman–Crippen MR) is 88.0 cm³/mol. The van der Waals surface area contributed by atoms with E-state index in [0.717, 1.165) is 5.75 Å². The fraction of sp³-hybridized carbons (Fsp3) is 0.353. The molecule has 1 aromatic carbocycles. The Labute approximate surface area is 140 Å². The molecule has 1 heterocycles. The molecule has 0 aliphatic carbocycles. The molecule has 6 heteroatoms. The molecule has 2 aromatic rings. The lowest BCUT2D eigenvalue weighted by Crippen LogP contribution is -2.27. The molecule has 0 aliphatic heterocycles. The van der Waals surface area contributed by atoms with Crippen molar-refractivity contribution >= 4 is 17.6 Å². The van der Waals surface area contributed by atoms with E-state index < -0.39 is 5.97 Å². The molecular weight excluding hydrogens is 318 g/mol. The van der Waals surface area contributed by atoms with E-state index in [1.807, 2.05) is 26.1 Å². The average molecular weight is 338 g/mol. The number of hydrogen-bond donors (Lipinski definition) is 0. The van der Waals surface area contributed by atoms with Crippen LogP contribution in [0.2, 0.25) is 5.02 Å². The van der Waals surface area contributed by atoms with Gasteiger partial charge in [0.25, 0.3) is 0 Å². The van der Waals surface area contributed by atoms with Crippen molar-refractivity contribution in [2.24, 2.45) is 0 Å². The standard InChI is InChI=1S/C17H20ClNO4/c1-12(15-8-9-16(23-15)17(20)21-3)19(2)10-11-22-14-6-4-13(18)5-7-14/h4-9,12H,10-11H2,1-3H3/t12-/m0/s1. The van der Waals surface area contributed by atoms with E-state index in [9.17, 15) is 4.79 Å². The van der Waals surface area contributed by atoms with Gasteiger partial charge >= 0.3 is 5.97 Å². The largest absolute Gasteiger partial charge is 0.492 e. The summed E-state index contributed by atoms with van der Waals surface area (Å²) in [7, 11) is 3.30. The fourth-order valence-corrected chi connectivity index (χ4v) is 2.16. The van der Waals surface area contributed by atoms with Crippen LogP contribution in [0.3, 0.4) is 0 Å². The second-order valence-electron chi connectivity index (χ2n) is 5.15. The van der Waals surface area contributed by atoms with Gasteiger partial charge in [-0.05, 0) is 50.4 Å². The van der Waals surface area contributed by atoms with E-state index in [1.165, 1.54) is 7.11 Å². The molecule has 0 saturated heterocycles. The molecule has 0 fully saturated rings. The second kappa shape index (κ2) is 8.04. The molecule has 5 nitrogen and oxygen atoms in total. The summed E-state index contributed by atoms with van der Waals surface area (Å²) in [6.45, 7) is 3.24. The van der Waals surface area contributed by atoms with Crippen LogP contribution in [0.15, 0.2) is 40.8 Å². The van der Waals surface area contributed by atoms with Crippen LogP contribution >= 0.6 is 11.6 Å². The second-order valence-corrected chi connectivity index (χ2v) is 5.59. The Morgan fingerprint density at radius 1 is 1.26 bits per heavy atom. The van der Waals surface area contributed by atoms with Crippen LogP contribution in [0.5, 0.6) is 5.75 Å². The molecular formula is C17H20ClNO4. The van der Waals surface area contributed by atoms with Gasteiger partial charge in [0.1, 0.15) is 18.1 Å². The van der Waals surface area contributed by atoms with Crippen molar-refractivity contribution in [1.29, 1.82) is 0 Å². The van der Waals surface area contributed by atoms with Crippen LogP contribution < -0.4 is 4.74 Å². The Kier molecular flexibility index (Phi) is 6.07. The molecule has 0 aliphatic rings. The number of benzene rings is 1. The SMILES string of the molecule is COC(=O)c1ccc([C@H](C)N(C)CCOc2ccc(Cl)cc2)o1. The fourth-order valence-electron chi connectivity index (χ4n) is 2.04. The van der Waals surface area contributed by atoms with E-state index in [0.29, 0.717) is 23.9 Å². The number of carbonyl (C=O) groups is 1. The van der Waals surface area contributed by atoms with E-state index in [1.54, 1.807) is 24.3 Å². The normalized spacial score (nSPS) is 12.2. The summed E-state index contributed by atoms with van der Waals surface area (Å²) in [5, 5.41) is 0.683. The highest BCUT2D eigenvalue weighted by atomic mass is 35.5. The van der Waals surface area contributed by atoms with Gasteiger partial charge in [-0.2, -0.15) is 0 Å². The minimum atomic E-state index is -0.475. The molecule has 0 bridgehead atoms. The lowest BCUT2D eigenvalue weighted by atomic mass is 10.2. The van der Waals surface area contributed by atoms with Gasteiger partial charge in [-0.3, -0.25) is 4.90 Å². The summed E-state index contributed by atoms with van der Waals surface area (Å²) in [5.41, 5.74) is 0. The zero-order valence-electron chi connectivity index (χ0n) is 13.4. The van der Waals surface area contributed by atoms with Crippen molar-refractivity contribution in [1.82, 2.24) is 4.90 Å². The van der Waals surface area contributed by atoms with Crippen LogP contribution in [0, 0.1) is 0 Å². The molecule has 0 spiro atoms. The number of esters is 1. The molecule has 2 rings (SSSR count). The lowest BCUT2D eigenvalue weighted by molar-refractivity contribution is 0.0559. The van der Waals surface area contributed by atoms with Crippen molar-refractivity contribution in [3.63, 3.8) is 0 Å². The molecule has 1 aromatic heterocycles. The Morgan fingerprint density at radius 2 is 1.96 bits per heavy atom. The van der Waals surface area contributed by atoms with E-state index in [2.05, 4.69) is 9.64 Å². The third-order valence-electron chi connectivity index (χ3n) is 3.61. The van der Waals surface area contributed by atoms with Crippen molar-refractivity contribution < 1.29 is 18.7 Å². The molecule has 0 radical (unpaired) electrons. The number of carbonyl (C=O) groups excluding carboxylic acids is 1. The summed E-state index contributed by atoms with van der Waals surface area (Å²) in [5.74, 6) is 1.22. The molecule has 0 unspecified atom stereocenters. The summed E-state index contributed by atoms with van der Waals surface area (Å²) in [6, 6.07) is 10.7. The van der Waals surface area contributed by atoms with Crippen molar-refractivity contribution in [2.75, 3.05) is 27.3 Å². The van der Waals surface area contributed by atoms with Crippen molar-refractivity contribution in [3.8, 4) is 5.75 Å². The Morgan fingerprint density at radius 3 is 2.61 bits per heavy atom. The van der Waals surface area contributed by atoms with Gasteiger partial charge < -0.3 is 13.9 Å². The molecule has 1 atom stereocenters. The number of halogens is 1. The summed E-state index contributed by atoms with van der Waals surface area (Å²) in [6.07, 6.45) is 0. The van der Waals surface area contributed by atoms with Gasteiger partial charge in [-0.15, -0.1) is 0 Å². The van der Waals surface area contributed by atoms with Gasteiger partial charge in [0.15, 0.2) is 0 Å². The first-order valence-corrected chi connectivity index (χ1v) is 7.65. The van der Waals surface area contributed by atoms with Crippen LogP contribution in [-0.4, -0.2) is 38.2 Å². The number of hydrogen-bond acceptors (Lipinski definition) is 5. The zero-order chi connectivity index (χ0) is 16.8. The third kappa shape index (κ3) is 4.74. The Hall–Kier alpha value is -1.98. The van der Waals surface area contributed by atoms with E-state index >= 15 is 0 Å². The maximum absolute atomic E-state index is 11.4. The molecule has 23 heavy (non-hydrogen) atoms. The van der Waals surface area contributed by atoms with Gasteiger partial charge in [-0.25, -0.2) is 4.79 Å². The van der Waals surface area contributed by atoms with Crippen molar-refractivity contribution in [2.45, 2.75) is 13.0 Å². The van der Waals surface area contributed by atoms with E-state index in [-0.39, 0.29) is 11.8 Å². The van der Waals surface area contributed by atoms with Crippen LogP contribution in [0.1, 0.15) is 29.3 Å². The zero-order valence-corrected chi connectivity index (χ0v) is 14.2. The smallest absolute Gasteiger partial charge is 0.373 e. The number of nitrogens with zero attached hydrogens (tertiary/aromatic N) is 1. The first kappa shape index (κ1) is 17.4. The van der Waals surface area contributed by atoms with Crippen LogP contribution in [0.4, 0.5) is 0 Å². The number of methoxy groups -OCH3 is 1. The molecule has 124 valence electrons. The maximum atomic E-state index is 11.4. The monoisotopic (exact) mass is 337 g/mol. The maximum Gasteiger partial charge on any atom is 0.373 e. The Balaban J connectivity index is 1.84. The van der Waals surface area contributed by atoms with Gasteiger partial charge in [0.05, 0.1) is 13.2 Å². The van der Waals surface area contributed by atoms with Gasteiger partial charge in [0, 0.05) is 11.6 Å². The minimum absolute atomic E-state index is 0.0159. The summed E-state index contributed by atoms with van der Waals surface area (Å²) < 4.78 is 15.8. The quantitative estimate of drug-likeness (QED) is 0.719. The highest BCUT2D eigenvalue weighted by Gasteiger charge is 2.18. The van der Waals surface area contributed by atoms with Crippen LogP contribution in [0.25, 0.3) is 0 Å². The molecule has 0 amide bonds. The number of ether oxygens (including phenoxy) is 2.